The Balaban J connectivity index is 3.42. The van der Waals surface area contributed by atoms with Gasteiger partial charge in [0.25, 0.3) is 0 Å². The van der Waals surface area contributed by atoms with Crippen LogP contribution in [0.3, 0.4) is 0 Å². The van der Waals surface area contributed by atoms with Crippen molar-refractivity contribution in [1.82, 2.24) is 5.32 Å². The van der Waals surface area contributed by atoms with Crippen molar-refractivity contribution in [3.05, 3.63) is 12.3 Å². The second-order valence-electron chi connectivity index (χ2n) is 2.52. The molecule has 0 aliphatic rings. The minimum atomic E-state index is -0.917. The number of thioether (sulfide) groups is 1. The molecule has 2 N–H and O–H groups in total. The maximum atomic E-state index is 10.1. The topological polar surface area (TPSA) is 49.3 Å². The molecule has 1 unspecified atom stereocenters. The molecule has 0 bridgehead atoms. The number of rotatable bonds is 6. The summed E-state index contributed by atoms with van der Waals surface area (Å²) in [5, 5.41) is 11.2. The minimum absolute atomic E-state index is 0.341. The van der Waals surface area contributed by atoms with Gasteiger partial charge in [-0.25, -0.2) is 4.79 Å². The first-order valence-corrected chi connectivity index (χ1v) is 5.20. The molecule has 0 aromatic rings. The van der Waals surface area contributed by atoms with Crippen molar-refractivity contribution in [2.75, 3.05) is 12.0 Å². The molecule has 4 heteroatoms. The predicted octanol–water partition coefficient (Wildman–Crippen LogP) is 1.32. The largest absolute Gasteiger partial charge is 0.478 e. The molecule has 0 rings (SSSR count). The fourth-order valence-electron chi connectivity index (χ4n) is 0.662. The maximum absolute atomic E-state index is 10.1. The van der Waals surface area contributed by atoms with Gasteiger partial charge in [0.05, 0.1) is 0 Å². The van der Waals surface area contributed by atoms with E-state index >= 15 is 0 Å². The van der Waals surface area contributed by atoms with Crippen LogP contribution in [0.2, 0.25) is 0 Å². The van der Waals surface area contributed by atoms with Crippen LogP contribution in [-0.2, 0) is 4.79 Å². The van der Waals surface area contributed by atoms with Crippen LogP contribution in [0, 0.1) is 0 Å². The molecule has 0 aliphatic heterocycles. The van der Waals surface area contributed by atoms with Gasteiger partial charge in [-0.15, -0.1) is 0 Å². The molecule has 0 aromatic carbocycles. The van der Waals surface area contributed by atoms with E-state index in [1.807, 2.05) is 6.92 Å². The zero-order valence-corrected chi connectivity index (χ0v) is 8.23. The van der Waals surface area contributed by atoms with Gasteiger partial charge >= 0.3 is 5.97 Å². The lowest BCUT2D eigenvalue weighted by molar-refractivity contribution is -0.131. The van der Waals surface area contributed by atoms with Gasteiger partial charge in [0.1, 0.15) is 0 Å². The van der Waals surface area contributed by atoms with Gasteiger partial charge in [-0.3, -0.25) is 0 Å². The average Bonchev–Trinajstić information content (AvgIpc) is 2.00. The van der Waals surface area contributed by atoms with Crippen molar-refractivity contribution in [2.24, 2.45) is 0 Å². The quantitative estimate of drug-likeness (QED) is 0.619. The fourth-order valence-corrected chi connectivity index (χ4v) is 1.25. The van der Waals surface area contributed by atoms with Gasteiger partial charge in [0, 0.05) is 18.3 Å². The maximum Gasteiger partial charge on any atom is 0.329 e. The summed E-state index contributed by atoms with van der Waals surface area (Å²) in [6.45, 7) is 2.03. The van der Waals surface area contributed by atoms with Crippen molar-refractivity contribution in [2.45, 2.75) is 19.4 Å². The number of nitrogens with one attached hydrogen (secondary N) is 1. The van der Waals surface area contributed by atoms with Crippen LogP contribution in [-0.4, -0.2) is 29.1 Å². The highest BCUT2D eigenvalue weighted by molar-refractivity contribution is 7.98. The Kier molecular flexibility index (Phi) is 6.66. The molecule has 0 spiro atoms. The molecule has 0 heterocycles. The van der Waals surface area contributed by atoms with E-state index in [4.69, 9.17) is 5.11 Å². The molecule has 0 radical (unpaired) electrons. The molecule has 3 nitrogen and oxygen atoms in total. The lowest BCUT2D eigenvalue weighted by Crippen LogP contribution is -2.21. The van der Waals surface area contributed by atoms with E-state index < -0.39 is 5.97 Å². The van der Waals surface area contributed by atoms with Crippen molar-refractivity contribution < 1.29 is 9.90 Å². The van der Waals surface area contributed by atoms with Gasteiger partial charge in [0.15, 0.2) is 0 Å². The second-order valence-corrected chi connectivity index (χ2v) is 3.51. The molecule has 70 valence electrons. The molecular weight excluding hydrogens is 174 g/mol. The Morgan fingerprint density at radius 3 is 2.92 bits per heavy atom. The van der Waals surface area contributed by atoms with E-state index in [-0.39, 0.29) is 0 Å². The predicted molar refractivity (Wildman–Crippen MR) is 52.4 cm³/mol. The molecule has 0 fully saturated rings. The SMILES string of the molecule is CSCCC(C)N/C=C/C(=O)O. The molecule has 0 saturated heterocycles. The minimum Gasteiger partial charge on any atom is -0.478 e. The Bertz CT molecular complexity index is 159. The molecule has 1 atom stereocenters. The number of carboxylic acids is 1. The summed E-state index contributed by atoms with van der Waals surface area (Å²) in [4.78, 5) is 10.1. The van der Waals surface area contributed by atoms with E-state index in [0.29, 0.717) is 6.04 Å². The Labute approximate surface area is 77.2 Å². The average molecular weight is 189 g/mol. The standard InChI is InChI=1S/C8H15NO2S/c1-7(4-6-12-2)9-5-3-8(10)11/h3,5,7,9H,4,6H2,1-2H3,(H,10,11)/b5-3+. The number of hydrogen-bond donors (Lipinski definition) is 2. The lowest BCUT2D eigenvalue weighted by atomic mass is 10.3. The first kappa shape index (κ1) is 11.4. The van der Waals surface area contributed by atoms with Crippen LogP contribution < -0.4 is 5.32 Å². The van der Waals surface area contributed by atoms with Gasteiger partial charge in [-0.1, -0.05) is 0 Å². The van der Waals surface area contributed by atoms with Gasteiger partial charge in [-0.2, -0.15) is 11.8 Å². The third-order valence-electron chi connectivity index (χ3n) is 1.36. The van der Waals surface area contributed by atoms with Crippen LogP contribution in [0.4, 0.5) is 0 Å². The molecule has 0 saturated carbocycles. The normalized spacial score (nSPS) is 13.2. The van der Waals surface area contributed by atoms with Crippen LogP contribution in [0.1, 0.15) is 13.3 Å². The Morgan fingerprint density at radius 2 is 2.42 bits per heavy atom. The number of aliphatic carboxylic acids is 1. The smallest absolute Gasteiger partial charge is 0.329 e. The zero-order valence-electron chi connectivity index (χ0n) is 7.41. The van der Waals surface area contributed by atoms with Gasteiger partial charge < -0.3 is 10.4 Å². The van der Waals surface area contributed by atoms with Crippen molar-refractivity contribution >= 4 is 17.7 Å². The summed E-state index contributed by atoms with van der Waals surface area (Å²) < 4.78 is 0. The van der Waals surface area contributed by atoms with Crippen molar-refractivity contribution in [3.8, 4) is 0 Å². The molecular formula is C8H15NO2S. The van der Waals surface area contributed by atoms with Crippen LogP contribution >= 0.6 is 11.8 Å². The zero-order chi connectivity index (χ0) is 9.40. The summed E-state index contributed by atoms with van der Waals surface area (Å²) in [7, 11) is 0. The van der Waals surface area contributed by atoms with Crippen LogP contribution in [0.25, 0.3) is 0 Å². The fraction of sp³-hybridized carbons (Fsp3) is 0.625. The highest BCUT2D eigenvalue weighted by atomic mass is 32.2. The van der Waals surface area contributed by atoms with Gasteiger partial charge in [-0.05, 0) is 25.4 Å². The number of hydrogen-bond acceptors (Lipinski definition) is 3. The third-order valence-corrected chi connectivity index (χ3v) is 2.01. The third kappa shape index (κ3) is 7.47. The second kappa shape index (κ2) is 7.03. The number of carbonyl (C=O) groups is 1. The first-order chi connectivity index (χ1) is 5.66. The molecule has 0 amide bonds. The first-order valence-electron chi connectivity index (χ1n) is 3.81. The molecule has 12 heavy (non-hydrogen) atoms. The summed E-state index contributed by atoms with van der Waals surface area (Å²) >= 11 is 1.79. The Morgan fingerprint density at radius 1 is 1.75 bits per heavy atom. The molecule has 0 aromatic heterocycles. The number of carboxylic acid groups (broad SMARTS) is 1. The van der Waals surface area contributed by atoms with Gasteiger partial charge in [0.2, 0.25) is 0 Å². The summed E-state index contributed by atoms with van der Waals surface area (Å²) in [6.07, 6.45) is 5.69. The lowest BCUT2D eigenvalue weighted by Gasteiger charge is -2.09. The van der Waals surface area contributed by atoms with E-state index in [0.717, 1.165) is 18.2 Å². The Hall–Kier alpha value is -0.640. The van der Waals surface area contributed by atoms with E-state index in [1.54, 1.807) is 11.8 Å². The highest BCUT2D eigenvalue weighted by Gasteiger charge is 1.96. The van der Waals surface area contributed by atoms with Crippen molar-refractivity contribution in [1.29, 1.82) is 0 Å². The van der Waals surface area contributed by atoms with Crippen LogP contribution in [0.5, 0.6) is 0 Å². The van der Waals surface area contributed by atoms with E-state index in [9.17, 15) is 4.79 Å². The van der Waals surface area contributed by atoms with E-state index in [2.05, 4.69) is 11.6 Å². The highest BCUT2D eigenvalue weighted by Crippen LogP contribution is 1.99. The molecule has 0 aliphatic carbocycles. The summed E-state index contributed by atoms with van der Waals surface area (Å²) in [5.41, 5.74) is 0. The van der Waals surface area contributed by atoms with Crippen molar-refractivity contribution in [3.63, 3.8) is 0 Å². The van der Waals surface area contributed by atoms with Crippen LogP contribution in [0.15, 0.2) is 12.3 Å². The van der Waals surface area contributed by atoms with E-state index in [1.165, 1.54) is 6.20 Å². The summed E-state index contributed by atoms with van der Waals surface area (Å²) in [5.74, 6) is 0.175. The summed E-state index contributed by atoms with van der Waals surface area (Å²) in [6, 6.07) is 0.341. The monoisotopic (exact) mass is 189 g/mol.